The van der Waals surface area contributed by atoms with Crippen molar-refractivity contribution in [1.82, 2.24) is 5.32 Å². The van der Waals surface area contributed by atoms with E-state index in [0.717, 1.165) is 63.4 Å². The van der Waals surface area contributed by atoms with Gasteiger partial charge in [-0.3, -0.25) is 4.79 Å². The van der Waals surface area contributed by atoms with Gasteiger partial charge < -0.3 is 20.9 Å². The third-order valence-corrected chi connectivity index (χ3v) is 7.71. The van der Waals surface area contributed by atoms with Crippen LogP contribution in [0, 0.1) is 20.8 Å². The van der Waals surface area contributed by atoms with Crippen LogP contribution in [0.5, 0.6) is 11.5 Å². The minimum Gasteiger partial charge on any atom is -0.507 e. The molecule has 4 rings (SSSR count). The molecule has 3 aromatic rings. The fourth-order valence-electron chi connectivity index (χ4n) is 4.52. The Labute approximate surface area is 210 Å². The number of nitrogens with zero attached hydrogens (tertiary/aromatic N) is 1. The summed E-state index contributed by atoms with van der Waals surface area (Å²) in [6, 6.07) is 11.8. The van der Waals surface area contributed by atoms with Crippen molar-refractivity contribution < 1.29 is 14.6 Å². The molecule has 0 radical (unpaired) electrons. The Balaban J connectivity index is 1.30. The Bertz CT molecular complexity index is 1250. The average Bonchev–Trinajstić information content (AvgIpc) is 3.37. The summed E-state index contributed by atoms with van der Waals surface area (Å²) in [6.07, 6.45) is 2.53. The molecule has 4 N–H and O–H groups in total. The van der Waals surface area contributed by atoms with Gasteiger partial charge in [0.15, 0.2) is 0 Å². The van der Waals surface area contributed by atoms with Crippen LogP contribution in [0.3, 0.4) is 0 Å². The molecule has 2 aromatic carbocycles. The number of thiophene rings is 1. The number of aliphatic imine (C=N–C) groups is 1. The Morgan fingerprint density at radius 1 is 1.17 bits per heavy atom. The highest BCUT2D eigenvalue weighted by molar-refractivity contribution is 7.12. The quantitative estimate of drug-likeness (QED) is 0.311. The van der Waals surface area contributed by atoms with Crippen LogP contribution in [0.1, 0.15) is 52.5 Å². The minimum absolute atomic E-state index is 0.0224. The van der Waals surface area contributed by atoms with E-state index in [0.29, 0.717) is 24.6 Å². The molecule has 1 atom stereocenters. The monoisotopic (exact) mass is 491 g/mol. The summed E-state index contributed by atoms with van der Waals surface area (Å²) in [5.41, 5.74) is 11.1. The molecule has 0 fully saturated rings. The van der Waals surface area contributed by atoms with Crippen molar-refractivity contribution in [1.29, 1.82) is 0 Å². The lowest BCUT2D eigenvalue weighted by molar-refractivity contribution is -0.125. The van der Waals surface area contributed by atoms with Gasteiger partial charge in [-0.1, -0.05) is 18.2 Å². The zero-order valence-corrected chi connectivity index (χ0v) is 21.6. The maximum atomic E-state index is 12.7. The van der Waals surface area contributed by atoms with Crippen LogP contribution in [0.2, 0.25) is 0 Å². The third-order valence-electron chi connectivity index (χ3n) is 6.82. The topological polar surface area (TPSA) is 96.9 Å². The zero-order chi connectivity index (χ0) is 25.2. The first-order chi connectivity index (χ1) is 16.7. The Morgan fingerprint density at radius 2 is 1.91 bits per heavy atom. The van der Waals surface area contributed by atoms with Gasteiger partial charge in [-0.05, 0) is 92.8 Å². The van der Waals surface area contributed by atoms with Crippen LogP contribution >= 0.6 is 11.3 Å². The minimum atomic E-state index is -0.570. The lowest BCUT2D eigenvalue weighted by Gasteiger charge is -2.37. The number of rotatable bonds is 7. The fourth-order valence-corrected chi connectivity index (χ4v) is 5.15. The highest BCUT2D eigenvalue weighted by Gasteiger charge is 2.36. The average molecular weight is 492 g/mol. The van der Waals surface area contributed by atoms with Gasteiger partial charge >= 0.3 is 0 Å². The van der Waals surface area contributed by atoms with Gasteiger partial charge in [-0.15, -0.1) is 11.3 Å². The number of hydrogen-bond acceptors (Lipinski definition) is 5. The molecule has 0 spiro atoms. The van der Waals surface area contributed by atoms with E-state index >= 15 is 0 Å². The molecular formula is C28H33N3O3S. The highest BCUT2D eigenvalue weighted by Crippen LogP contribution is 2.44. The normalized spacial score (nSPS) is 17.5. The molecule has 1 amide bonds. The van der Waals surface area contributed by atoms with E-state index in [-0.39, 0.29) is 5.91 Å². The predicted molar refractivity (Wildman–Crippen MR) is 142 cm³/mol. The number of nitrogens with two attached hydrogens (primary N) is 1. The van der Waals surface area contributed by atoms with Gasteiger partial charge in [0.25, 0.3) is 0 Å². The number of aromatic hydroxyl groups is 1. The van der Waals surface area contributed by atoms with E-state index in [4.69, 9.17) is 10.5 Å². The van der Waals surface area contributed by atoms with E-state index in [9.17, 15) is 9.90 Å². The summed E-state index contributed by atoms with van der Waals surface area (Å²) < 4.78 is 6.38. The van der Waals surface area contributed by atoms with Crippen LogP contribution in [-0.2, 0) is 17.6 Å². The zero-order valence-electron chi connectivity index (χ0n) is 20.8. The molecule has 0 bridgehead atoms. The molecule has 0 saturated carbocycles. The molecule has 1 unspecified atom stereocenters. The van der Waals surface area contributed by atoms with Crippen LogP contribution in [0.15, 0.2) is 46.8 Å². The standard InChI is InChI=1S/C28H33N3O3S/c1-17-18(2)26-22(19(3)25(17)33)11-13-28(4,34-26)16-24(32)30-14-12-20-7-9-21(10-8-20)31-27(29)23-6-5-15-35-23/h5-10,15,33H,11-14,16H2,1-4H3,(H2,29,31)(H,30,32). The number of amidine groups is 1. The summed E-state index contributed by atoms with van der Waals surface area (Å²) in [7, 11) is 0. The second kappa shape index (κ2) is 10.1. The van der Waals surface area contributed by atoms with Gasteiger partial charge in [0.2, 0.25) is 5.91 Å². The fraction of sp³-hybridized carbons (Fsp3) is 0.357. The number of phenolic OH excluding ortho intramolecular Hbond substituents is 1. The molecular weight excluding hydrogens is 458 g/mol. The highest BCUT2D eigenvalue weighted by atomic mass is 32.1. The molecule has 0 saturated heterocycles. The van der Waals surface area contributed by atoms with Crippen molar-refractivity contribution in [3.63, 3.8) is 0 Å². The number of amides is 1. The van der Waals surface area contributed by atoms with E-state index < -0.39 is 5.60 Å². The first-order valence-electron chi connectivity index (χ1n) is 11.9. The molecule has 1 aliphatic heterocycles. The van der Waals surface area contributed by atoms with Crippen LogP contribution in [0.4, 0.5) is 5.69 Å². The number of fused-ring (bicyclic) bond motifs is 1. The van der Waals surface area contributed by atoms with Gasteiger partial charge in [0.1, 0.15) is 22.9 Å². The molecule has 2 heterocycles. The summed E-state index contributed by atoms with van der Waals surface area (Å²) >= 11 is 1.56. The number of phenols is 1. The molecule has 35 heavy (non-hydrogen) atoms. The Kier molecular flexibility index (Phi) is 7.17. The third kappa shape index (κ3) is 5.51. The lowest BCUT2D eigenvalue weighted by Crippen LogP contribution is -2.42. The number of carbonyl (C=O) groups excluding carboxylic acids is 1. The second-order valence-corrected chi connectivity index (χ2v) is 10.4. The number of nitrogens with one attached hydrogen (secondary N) is 1. The van der Waals surface area contributed by atoms with Crippen molar-refractivity contribution >= 4 is 28.8 Å². The Hall–Kier alpha value is -3.32. The van der Waals surface area contributed by atoms with E-state index in [1.807, 2.05) is 69.5 Å². The molecule has 7 heteroatoms. The van der Waals surface area contributed by atoms with Gasteiger partial charge in [-0.2, -0.15) is 0 Å². The number of ether oxygens (including phenoxy) is 1. The van der Waals surface area contributed by atoms with Crippen molar-refractivity contribution in [3.8, 4) is 11.5 Å². The number of carbonyl (C=O) groups is 1. The summed E-state index contributed by atoms with van der Waals surface area (Å²) in [4.78, 5) is 18.1. The van der Waals surface area contributed by atoms with Crippen molar-refractivity contribution in [2.75, 3.05) is 6.54 Å². The van der Waals surface area contributed by atoms with Crippen LogP contribution in [-0.4, -0.2) is 29.0 Å². The van der Waals surface area contributed by atoms with Crippen molar-refractivity contribution in [3.05, 3.63) is 74.5 Å². The SMILES string of the molecule is Cc1c(C)c2c(c(C)c1O)CCC(C)(CC(=O)NCCc1ccc(N=C(N)c3cccs3)cc1)O2. The van der Waals surface area contributed by atoms with E-state index in [1.54, 1.807) is 11.3 Å². The van der Waals surface area contributed by atoms with Crippen molar-refractivity contribution in [2.45, 2.75) is 59.0 Å². The maximum absolute atomic E-state index is 12.7. The largest absolute Gasteiger partial charge is 0.507 e. The molecule has 1 aliphatic rings. The van der Waals surface area contributed by atoms with Gasteiger partial charge in [0.05, 0.1) is 17.0 Å². The first kappa shape index (κ1) is 24.8. The summed E-state index contributed by atoms with van der Waals surface area (Å²) in [5.74, 6) is 1.66. The summed E-state index contributed by atoms with van der Waals surface area (Å²) in [5, 5.41) is 15.4. The van der Waals surface area contributed by atoms with E-state index in [1.165, 1.54) is 0 Å². The first-order valence-corrected chi connectivity index (χ1v) is 12.8. The molecule has 6 nitrogen and oxygen atoms in total. The lowest BCUT2D eigenvalue weighted by atomic mass is 9.85. The smallest absolute Gasteiger partial charge is 0.224 e. The number of benzene rings is 2. The molecule has 0 aliphatic carbocycles. The van der Waals surface area contributed by atoms with Gasteiger partial charge in [-0.25, -0.2) is 4.99 Å². The second-order valence-electron chi connectivity index (χ2n) is 9.50. The maximum Gasteiger partial charge on any atom is 0.224 e. The van der Waals surface area contributed by atoms with Gasteiger partial charge in [0, 0.05) is 12.1 Å². The number of hydrogen-bond donors (Lipinski definition) is 3. The molecule has 1 aromatic heterocycles. The molecule has 184 valence electrons. The van der Waals surface area contributed by atoms with Crippen LogP contribution < -0.4 is 15.8 Å². The predicted octanol–water partition coefficient (Wildman–Crippen LogP) is 5.25. The summed E-state index contributed by atoms with van der Waals surface area (Å²) in [6.45, 7) is 8.34. The van der Waals surface area contributed by atoms with E-state index in [2.05, 4.69) is 10.3 Å². The van der Waals surface area contributed by atoms with Crippen LogP contribution in [0.25, 0.3) is 0 Å². The Morgan fingerprint density at radius 3 is 2.60 bits per heavy atom. The van der Waals surface area contributed by atoms with Crippen molar-refractivity contribution in [2.24, 2.45) is 10.7 Å².